The lowest BCUT2D eigenvalue weighted by molar-refractivity contribution is -0.123. The van der Waals surface area contributed by atoms with Crippen molar-refractivity contribution >= 4 is 5.91 Å². The van der Waals surface area contributed by atoms with Gasteiger partial charge in [-0.25, -0.2) is 0 Å². The normalized spacial score (nSPS) is 15.9. The third-order valence-electron chi connectivity index (χ3n) is 3.26. The summed E-state index contributed by atoms with van der Waals surface area (Å²) >= 11 is 0. The smallest absolute Gasteiger partial charge is 0.257 e. The monoisotopic (exact) mass is 263 g/mol. The van der Waals surface area contributed by atoms with Crippen LogP contribution < -0.4 is 10.1 Å². The number of hydrogen-bond donors (Lipinski definition) is 2. The highest BCUT2D eigenvalue weighted by Crippen LogP contribution is 2.28. The van der Waals surface area contributed by atoms with E-state index in [-0.39, 0.29) is 12.5 Å². The molecule has 0 radical (unpaired) electrons. The molecular formula is C15H21NO3. The van der Waals surface area contributed by atoms with Gasteiger partial charge in [-0.15, -0.1) is 0 Å². The Morgan fingerprint density at radius 1 is 1.53 bits per heavy atom. The average molecular weight is 263 g/mol. The van der Waals surface area contributed by atoms with Gasteiger partial charge in [-0.1, -0.05) is 12.1 Å². The van der Waals surface area contributed by atoms with E-state index in [4.69, 9.17) is 4.74 Å². The number of carbonyl (C=O) groups is 1. The van der Waals surface area contributed by atoms with Crippen LogP contribution in [0.15, 0.2) is 18.2 Å². The molecule has 2 rings (SSSR count). The molecule has 1 saturated carbocycles. The maximum absolute atomic E-state index is 11.6. The predicted octanol–water partition coefficient (Wildman–Crippen LogP) is 1.95. The molecule has 0 unspecified atom stereocenters. The maximum Gasteiger partial charge on any atom is 0.257 e. The zero-order chi connectivity index (χ0) is 13.8. The number of nitrogens with one attached hydrogen (secondary N) is 1. The second-order valence-electron chi connectivity index (χ2n) is 5.25. The van der Waals surface area contributed by atoms with Gasteiger partial charge >= 0.3 is 0 Å². The number of hydrogen-bond acceptors (Lipinski definition) is 3. The molecule has 0 spiro atoms. The average Bonchev–Trinajstić information content (AvgIpc) is 3.17. The molecule has 1 amide bonds. The SMILES string of the molecule is Cc1ccc([C@H](C)O)c(OCC(=O)NCC2CC2)c1. The lowest BCUT2D eigenvalue weighted by Crippen LogP contribution is -2.30. The van der Waals surface area contributed by atoms with Crippen LogP contribution in [0.4, 0.5) is 0 Å². The van der Waals surface area contributed by atoms with E-state index < -0.39 is 6.10 Å². The summed E-state index contributed by atoms with van der Waals surface area (Å²) in [6.07, 6.45) is 1.82. The van der Waals surface area contributed by atoms with Crippen LogP contribution in [-0.2, 0) is 4.79 Å². The molecule has 0 heterocycles. The molecule has 1 aromatic rings. The van der Waals surface area contributed by atoms with Crippen LogP contribution in [0.2, 0.25) is 0 Å². The first-order chi connectivity index (χ1) is 9.06. The lowest BCUT2D eigenvalue weighted by atomic mass is 10.1. The van der Waals surface area contributed by atoms with Crippen molar-refractivity contribution in [3.05, 3.63) is 29.3 Å². The Morgan fingerprint density at radius 2 is 2.26 bits per heavy atom. The van der Waals surface area contributed by atoms with Crippen LogP contribution in [0.25, 0.3) is 0 Å². The van der Waals surface area contributed by atoms with Crippen LogP contribution in [0.1, 0.15) is 37.0 Å². The first-order valence-electron chi connectivity index (χ1n) is 6.74. The van der Waals surface area contributed by atoms with Gasteiger partial charge in [-0.3, -0.25) is 4.79 Å². The summed E-state index contributed by atoms with van der Waals surface area (Å²) < 4.78 is 5.52. The van der Waals surface area contributed by atoms with Gasteiger partial charge in [0.15, 0.2) is 6.61 Å². The summed E-state index contributed by atoms with van der Waals surface area (Å²) in [6.45, 7) is 4.38. The Balaban J connectivity index is 1.89. The minimum absolute atomic E-state index is 0.00407. The number of aliphatic hydroxyl groups excluding tert-OH is 1. The summed E-state index contributed by atoms with van der Waals surface area (Å²) in [5, 5.41) is 12.5. The first kappa shape index (κ1) is 13.9. The van der Waals surface area contributed by atoms with Gasteiger partial charge < -0.3 is 15.2 Å². The summed E-state index contributed by atoms with van der Waals surface area (Å²) in [5.74, 6) is 1.14. The standard InChI is InChI=1S/C15H21NO3/c1-10-3-6-13(11(2)17)14(7-10)19-9-15(18)16-8-12-4-5-12/h3,6-7,11-12,17H,4-5,8-9H2,1-2H3,(H,16,18)/t11-/m0/s1. The molecule has 1 aromatic carbocycles. The van der Waals surface area contributed by atoms with Crippen molar-refractivity contribution in [3.8, 4) is 5.75 Å². The van der Waals surface area contributed by atoms with E-state index in [0.717, 1.165) is 12.1 Å². The lowest BCUT2D eigenvalue weighted by Gasteiger charge is -2.14. The third kappa shape index (κ3) is 4.24. The minimum atomic E-state index is -0.606. The largest absolute Gasteiger partial charge is 0.483 e. The van der Waals surface area contributed by atoms with Crippen molar-refractivity contribution in [2.45, 2.75) is 32.8 Å². The van der Waals surface area contributed by atoms with Gasteiger partial charge in [0, 0.05) is 12.1 Å². The van der Waals surface area contributed by atoms with Gasteiger partial charge in [0.2, 0.25) is 0 Å². The van der Waals surface area contributed by atoms with Crippen molar-refractivity contribution in [3.63, 3.8) is 0 Å². The number of aliphatic hydroxyl groups is 1. The van der Waals surface area contributed by atoms with E-state index in [1.165, 1.54) is 12.8 Å². The number of benzene rings is 1. The molecule has 1 atom stereocenters. The molecular weight excluding hydrogens is 242 g/mol. The molecule has 2 N–H and O–H groups in total. The van der Waals surface area contributed by atoms with Crippen molar-refractivity contribution < 1.29 is 14.6 Å². The Morgan fingerprint density at radius 3 is 2.89 bits per heavy atom. The zero-order valence-corrected chi connectivity index (χ0v) is 11.5. The number of aryl methyl sites for hydroxylation is 1. The number of amides is 1. The Kier molecular flexibility index (Phi) is 4.43. The van der Waals surface area contributed by atoms with Crippen LogP contribution in [-0.4, -0.2) is 24.2 Å². The number of carbonyl (C=O) groups excluding carboxylic acids is 1. The maximum atomic E-state index is 11.6. The molecule has 0 aliphatic heterocycles. The molecule has 1 aliphatic carbocycles. The molecule has 0 saturated heterocycles. The van der Waals surface area contributed by atoms with Crippen molar-refractivity contribution in [1.82, 2.24) is 5.32 Å². The molecule has 19 heavy (non-hydrogen) atoms. The topological polar surface area (TPSA) is 58.6 Å². The Hall–Kier alpha value is -1.55. The van der Waals surface area contributed by atoms with E-state index in [0.29, 0.717) is 17.2 Å². The molecule has 4 nitrogen and oxygen atoms in total. The molecule has 0 aromatic heterocycles. The van der Waals surface area contributed by atoms with Crippen LogP contribution in [0.5, 0.6) is 5.75 Å². The first-order valence-corrected chi connectivity index (χ1v) is 6.74. The predicted molar refractivity (Wildman–Crippen MR) is 73.0 cm³/mol. The van der Waals surface area contributed by atoms with Crippen molar-refractivity contribution in [1.29, 1.82) is 0 Å². The summed E-state index contributed by atoms with van der Waals surface area (Å²) in [6, 6.07) is 5.59. The van der Waals surface area contributed by atoms with Gasteiger partial charge in [0.25, 0.3) is 5.91 Å². The molecule has 104 valence electrons. The van der Waals surface area contributed by atoms with Crippen LogP contribution in [0, 0.1) is 12.8 Å². The van der Waals surface area contributed by atoms with Crippen molar-refractivity contribution in [2.75, 3.05) is 13.2 Å². The molecule has 0 bridgehead atoms. The highest BCUT2D eigenvalue weighted by atomic mass is 16.5. The quantitative estimate of drug-likeness (QED) is 0.824. The van der Waals surface area contributed by atoms with E-state index in [2.05, 4.69) is 5.32 Å². The van der Waals surface area contributed by atoms with Gasteiger partial charge in [0.1, 0.15) is 5.75 Å². The second-order valence-corrected chi connectivity index (χ2v) is 5.25. The molecule has 4 heteroatoms. The van der Waals surface area contributed by atoms with Crippen LogP contribution in [0.3, 0.4) is 0 Å². The van der Waals surface area contributed by atoms with Crippen LogP contribution >= 0.6 is 0 Å². The molecule has 1 aliphatic rings. The Labute approximate surface area is 113 Å². The van der Waals surface area contributed by atoms with E-state index in [1.807, 2.05) is 25.1 Å². The van der Waals surface area contributed by atoms with Gasteiger partial charge in [-0.2, -0.15) is 0 Å². The molecule has 1 fully saturated rings. The van der Waals surface area contributed by atoms with E-state index in [1.54, 1.807) is 6.92 Å². The summed E-state index contributed by atoms with van der Waals surface area (Å²) in [7, 11) is 0. The Bertz CT molecular complexity index is 453. The van der Waals surface area contributed by atoms with E-state index in [9.17, 15) is 9.90 Å². The fourth-order valence-electron chi connectivity index (χ4n) is 1.89. The number of rotatable bonds is 6. The van der Waals surface area contributed by atoms with E-state index >= 15 is 0 Å². The fourth-order valence-corrected chi connectivity index (χ4v) is 1.89. The minimum Gasteiger partial charge on any atom is -0.483 e. The highest BCUT2D eigenvalue weighted by molar-refractivity contribution is 5.77. The summed E-state index contributed by atoms with van der Waals surface area (Å²) in [4.78, 5) is 11.6. The summed E-state index contributed by atoms with van der Waals surface area (Å²) in [5.41, 5.74) is 1.75. The highest BCUT2D eigenvalue weighted by Gasteiger charge is 2.21. The zero-order valence-electron chi connectivity index (χ0n) is 11.5. The fraction of sp³-hybridized carbons (Fsp3) is 0.533. The second kappa shape index (κ2) is 6.06. The van der Waals surface area contributed by atoms with Gasteiger partial charge in [-0.05, 0) is 44.2 Å². The van der Waals surface area contributed by atoms with Crippen molar-refractivity contribution in [2.24, 2.45) is 5.92 Å². The number of ether oxygens (including phenoxy) is 1. The van der Waals surface area contributed by atoms with Gasteiger partial charge in [0.05, 0.1) is 6.10 Å². The third-order valence-corrected chi connectivity index (χ3v) is 3.26.